The van der Waals surface area contributed by atoms with E-state index < -0.39 is 17.9 Å². The number of aryl methyl sites for hydroxylation is 1. The zero-order chi connectivity index (χ0) is 18.7. The van der Waals surface area contributed by atoms with Crippen molar-refractivity contribution in [2.24, 2.45) is 5.92 Å². The fourth-order valence-electron chi connectivity index (χ4n) is 2.97. The van der Waals surface area contributed by atoms with Crippen LogP contribution in [0.5, 0.6) is 0 Å². The van der Waals surface area contributed by atoms with Crippen LogP contribution >= 0.6 is 11.8 Å². The molecule has 0 radical (unpaired) electrons. The van der Waals surface area contributed by atoms with Gasteiger partial charge in [0.2, 0.25) is 0 Å². The Morgan fingerprint density at radius 3 is 2.35 bits per heavy atom. The van der Waals surface area contributed by atoms with Crippen LogP contribution in [0.2, 0.25) is 0 Å². The van der Waals surface area contributed by atoms with Crippen LogP contribution in [0.4, 0.5) is 0 Å². The van der Waals surface area contributed by atoms with E-state index in [1.54, 1.807) is 0 Å². The van der Waals surface area contributed by atoms with E-state index in [2.05, 4.69) is 4.98 Å². The van der Waals surface area contributed by atoms with Crippen molar-refractivity contribution in [1.82, 2.24) is 4.98 Å². The number of rotatable bonds is 7. The number of aromatic amines is 1. The molecule has 0 aliphatic rings. The van der Waals surface area contributed by atoms with Crippen LogP contribution in [0.1, 0.15) is 22.8 Å². The molecule has 5 nitrogen and oxygen atoms in total. The predicted molar refractivity (Wildman–Crippen MR) is 101 cm³/mol. The Balaban J connectivity index is 1.95. The van der Waals surface area contributed by atoms with Crippen LogP contribution in [-0.2, 0) is 9.59 Å². The lowest BCUT2D eigenvalue weighted by atomic mass is 9.96. The molecule has 1 atom stereocenters. The molecule has 134 valence electrons. The monoisotopic (exact) mass is 369 g/mol. The van der Waals surface area contributed by atoms with Crippen LogP contribution in [0.3, 0.4) is 0 Å². The lowest BCUT2D eigenvalue weighted by Gasteiger charge is -2.20. The molecule has 0 fully saturated rings. The Morgan fingerprint density at radius 1 is 1.04 bits per heavy atom. The standard InChI is InChI=1S/C20H19NO4S/c1-12-6-2-4-8-14(12)17(11-15(19(22)23)20(24)25)26-18-10-13-7-3-5-9-16(13)21-18/h2-10,15,17,21H,11H2,1H3,(H,22,23)(H,24,25). The van der Waals surface area contributed by atoms with Gasteiger partial charge < -0.3 is 15.2 Å². The maximum absolute atomic E-state index is 11.4. The molecule has 1 unspecified atom stereocenters. The number of hydrogen-bond donors (Lipinski definition) is 3. The van der Waals surface area contributed by atoms with Gasteiger partial charge in [0.25, 0.3) is 0 Å². The van der Waals surface area contributed by atoms with Crippen molar-refractivity contribution in [3.63, 3.8) is 0 Å². The zero-order valence-electron chi connectivity index (χ0n) is 14.2. The second-order valence-electron chi connectivity index (χ2n) is 6.15. The quantitative estimate of drug-likeness (QED) is 0.422. The van der Waals surface area contributed by atoms with Crippen LogP contribution < -0.4 is 0 Å². The van der Waals surface area contributed by atoms with Crippen LogP contribution in [0, 0.1) is 12.8 Å². The molecular formula is C20H19NO4S. The molecule has 26 heavy (non-hydrogen) atoms. The number of carbonyl (C=O) groups is 2. The van der Waals surface area contributed by atoms with E-state index in [1.807, 2.05) is 61.5 Å². The highest BCUT2D eigenvalue weighted by Crippen LogP contribution is 2.41. The van der Waals surface area contributed by atoms with Crippen molar-refractivity contribution in [3.05, 3.63) is 65.7 Å². The number of benzene rings is 2. The second-order valence-corrected chi connectivity index (χ2v) is 7.39. The van der Waals surface area contributed by atoms with Gasteiger partial charge in [0, 0.05) is 16.2 Å². The van der Waals surface area contributed by atoms with Crippen molar-refractivity contribution in [1.29, 1.82) is 0 Å². The van der Waals surface area contributed by atoms with Crippen LogP contribution in [0.25, 0.3) is 10.9 Å². The topological polar surface area (TPSA) is 90.4 Å². The third-order valence-electron chi connectivity index (χ3n) is 4.36. The zero-order valence-corrected chi connectivity index (χ0v) is 15.0. The van der Waals surface area contributed by atoms with Gasteiger partial charge in [0.1, 0.15) is 0 Å². The summed E-state index contributed by atoms with van der Waals surface area (Å²) >= 11 is 1.46. The molecule has 1 aromatic heterocycles. The number of nitrogens with one attached hydrogen (secondary N) is 1. The Hall–Kier alpha value is -2.73. The van der Waals surface area contributed by atoms with Gasteiger partial charge in [-0.05, 0) is 36.6 Å². The summed E-state index contributed by atoms with van der Waals surface area (Å²) < 4.78 is 0. The van der Waals surface area contributed by atoms with Crippen molar-refractivity contribution >= 4 is 34.6 Å². The summed E-state index contributed by atoms with van der Waals surface area (Å²) in [5, 5.41) is 20.2. The predicted octanol–water partition coefficient (Wildman–Crippen LogP) is 4.49. The minimum Gasteiger partial charge on any atom is -0.481 e. The number of fused-ring (bicyclic) bond motifs is 1. The van der Waals surface area contributed by atoms with Gasteiger partial charge in [-0.1, -0.05) is 42.5 Å². The first-order valence-corrected chi connectivity index (χ1v) is 9.09. The fraction of sp³-hybridized carbons (Fsp3) is 0.200. The average molecular weight is 369 g/mol. The van der Waals surface area contributed by atoms with Gasteiger partial charge in [-0.25, -0.2) is 0 Å². The van der Waals surface area contributed by atoms with Crippen molar-refractivity contribution in [2.45, 2.75) is 23.6 Å². The number of hydrogen-bond acceptors (Lipinski definition) is 3. The molecule has 2 aromatic carbocycles. The van der Waals surface area contributed by atoms with E-state index in [0.29, 0.717) is 0 Å². The first kappa shape index (κ1) is 18.1. The molecule has 1 heterocycles. The number of H-pyrrole nitrogens is 1. The van der Waals surface area contributed by atoms with Gasteiger partial charge in [0.15, 0.2) is 5.92 Å². The molecule has 0 aliphatic carbocycles. The Morgan fingerprint density at radius 2 is 1.69 bits per heavy atom. The van der Waals surface area contributed by atoms with E-state index >= 15 is 0 Å². The smallest absolute Gasteiger partial charge is 0.317 e. The normalized spacial score (nSPS) is 12.4. The maximum Gasteiger partial charge on any atom is 0.317 e. The fourth-order valence-corrected chi connectivity index (χ4v) is 4.32. The number of para-hydroxylation sites is 1. The first-order valence-electron chi connectivity index (χ1n) is 8.21. The van der Waals surface area contributed by atoms with E-state index in [-0.39, 0.29) is 11.7 Å². The van der Waals surface area contributed by atoms with E-state index in [9.17, 15) is 19.8 Å². The summed E-state index contributed by atoms with van der Waals surface area (Å²) in [7, 11) is 0. The summed E-state index contributed by atoms with van der Waals surface area (Å²) in [6.45, 7) is 1.95. The molecule has 6 heteroatoms. The van der Waals surface area contributed by atoms with Crippen molar-refractivity contribution in [3.8, 4) is 0 Å². The van der Waals surface area contributed by atoms with Gasteiger partial charge in [0.05, 0.1) is 5.03 Å². The molecule has 3 aromatic rings. The van der Waals surface area contributed by atoms with Crippen molar-refractivity contribution in [2.75, 3.05) is 0 Å². The maximum atomic E-state index is 11.4. The molecule has 0 saturated carbocycles. The first-order chi connectivity index (χ1) is 12.5. The third-order valence-corrected chi connectivity index (χ3v) is 5.56. The Labute approximate surface area is 155 Å². The summed E-state index contributed by atoms with van der Waals surface area (Å²) in [5.74, 6) is -4.07. The lowest BCUT2D eigenvalue weighted by molar-refractivity contribution is -0.154. The summed E-state index contributed by atoms with van der Waals surface area (Å²) in [6, 6.07) is 17.5. The number of thioether (sulfide) groups is 1. The number of carboxylic acids is 2. The third kappa shape index (κ3) is 3.91. The van der Waals surface area contributed by atoms with Gasteiger partial charge in [-0.15, -0.1) is 11.8 Å². The van der Waals surface area contributed by atoms with Gasteiger partial charge in [-0.2, -0.15) is 0 Å². The molecule has 0 amide bonds. The van der Waals surface area contributed by atoms with Crippen LogP contribution in [-0.4, -0.2) is 27.1 Å². The molecule has 0 saturated heterocycles. The molecule has 0 bridgehead atoms. The summed E-state index contributed by atoms with van der Waals surface area (Å²) in [4.78, 5) is 26.1. The number of aromatic nitrogens is 1. The number of carboxylic acid groups (broad SMARTS) is 2. The van der Waals surface area contributed by atoms with Gasteiger partial charge in [-0.3, -0.25) is 9.59 Å². The molecule has 0 spiro atoms. The SMILES string of the molecule is Cc1ccccc1C(CC(C(=O)O)C(=O)O)Sc1cc2ccccc2[nH]1. The minimum atomic E-state index is -1.45. The average Bonchev–Trinajstić information content (AvgIpc) is 3.00. The highest BCUT2D eigenvalue weighted by atomic mass is 32.2. The Kier molecular flexibility index (Phi) is 5.32. The highest BCUT2D eigenvalue weighted by molar-refractivity contribution is 7.99. The largest absolute Gasteiger partial charge is 0.481 e. The van der Waals surface area contributed by atoms with E-state index in [1.165, 1.54) is 11.8 Å². The van der Waals surface area contributed by atoms with E-state index in [0.717, 1.165) is 27.1 Å². The molecule has 0 aliphatic heterocycles. The Bertz CT molecular complexity index is 903. The van der Waals surface area contributed by atoms with E-state index in [4.69, 9.17) is 0 Å². The number of aliphatic carboxylic acids is 2. The second kappa shape index (κ2) is 7.66. The van der Waals surface area contributed by atoms with Crippen molar-refractivity contribution < 1.29 is 19.8 Å². The highest BCUT2D eigenvalue weighted by Gasteiger charge is 2.31. The molecule has 3 rings (SSSR count). The van der Waals surface area contributed by atoms with Crippen LogP contribution in [0.15, 0.2) is 59.6 Å². The lowest BCUT2D eigenvalue weighted by Crippen LogP contribution is -2.25. The van der Waals surface area contributed by atoms with Gasteiger partial charge >= 0.3 is 11.9 Å². The summed E-state index contributed by atoms with van der Waals surface area (Å²) in [5.41, 5.74) is 2.95. The molecule has 3 N–H and O–H groups in total. The molecular weight excluding hydrogens is 350 g/mol. The summed E-state index contributed by atoms with van der Waals surface area (Å²) in [6.07, 6.45) is 0.00948. The minimum absolute atomic E-state index is 0.00948.